The second-order valence-electron chi connectivity index (χ2n) is 19.4. The molecule has 0 bridgehead atoms. The van der Waals surface area contributed by atoms with E-state index >= 15 is 0 Å². The highest BCUT2D eigenvalue weighted by Crippen LogP contribution is 2.40. The number of nitrogens with zero attached hydrogens (tertiary/aromatic N) is 4. The molecule has 4 heterocycles. The topological polar surface area (TPSA) is 172 Å². The van der Waals surface area contributed by atoms with Gasteiger partial charge in [0.25, 0.3) is 0 Å². The number of carbonyl (C=O) groups excluding carboxylic acids is 3. The summed E-state index contributed by atoms with van der Waals surface area (Å²) in [7, 11) is 1.30. The molecule has 66 heavy (non-hydrogen) atoms. The van der Waals surface area contributed by atoms with E-state index in [9.17, 15) is 14.4 Å². The van der Waals surface area contributed by atoms with Gasteiger partial charge in [0.05, 0.1) is 47.9 Å². The highest BCUT2D eigenvalue weighted by Gasteiger charge is 2.42. The number of amides is 3. The van der Waals surface area contributed by atoms with Gasteiger partial charge in [-0.3, -0.25) is 9.59 Å². The van der Waals surface area contributed by atoms with Crippen LogP contribution in [0.1, 0.15) is 94.6 Å². The molecule has 342 valence electrons. The van der Waals surface area contributed by atoms with E-state index in [1.54, 1.807) is 0 Å². The van der Waals surface area contributed by atoms with Crippen LogP contribution in [-0.4, -0.2) is 87.1 Å². The van der Waals surface area contributed by atoms with Gasteiger partial charge in [-0.15, -0.1) is 0 Å². The zero-order valence-electron chi connectivity index (χ0n) is 38.3. The first kappa shape index (κ1) is 43.6. The summed E-state index contributed by atoms with van der Waals surface area (Å²) in [5, 5.41) is 6.93. The maximum Gasteiger partial charge on any atom is 0.407 e. The number of fused-ring (bicyclic) bond motifs is 6. The van der Waals surface area contributed by atoms with E-state index in [0.717, 1.165) is 91.4 Å². The number of imidazole rings is 2. The molecule has 2 saturated heterocycles. The fourth-order valence-corrected chi connectivity index (χ4v) is 10.9. The van der Waals surface area contributed by atoms with E-state index in [1.807, 2.05) is 54.0 Å². The Morgan fingerprint density at radius 2 is 1.32 bits per heavy atom. The first-order chi connectivity index (χ1) is 32.0. The zero-order valence-corrected chi connectivity index (χ0v) is 38.3. The van der Waals surface area contributed by atoms with Crippen LogP contribution in [0.3, 0.4) is 0 Å². The largest absolute Gasteiger partial charge is 0.453 e. The molecule has 10 rings (SSSR count). The minimum atomic E-state index is -0.765. The molecule has 3 aliphatic rings. The molecule has 13 nitrogen and oxygen atoms in total. The maximum atomic E-state index is 14.2. The lowest BCUT2D eigenvalue weighted by Gasteiger charge is -2.30. The molecule has 1 saturated carbocycles. The normalized spacial score (nSPS) is 21.2. The second-order valence-corrected chi connectivity index (χ2v) is 19.4. The van der Waals surface area contributed by atoms with Gasteiger partial charge in [0.1, 0.15) is 23.7 Å². The number of H-pyrrole nitrogens is 2. The van der Waals surface area contributed by atoms with Crippen molar-refractivity contribution in [3.63, 3.8) is 0 Å². The Kier molecular flexibility index (Phi) is 12.0. The Morgan fingerprint density at radius 3 is 1.91 bits per heavy atom. The van der Waals surface area contributed by atoms with E-state index in [1.165, 1.54) is 32.8 Å². The molecule has 6 atom stereocenters. The Labute approximate surface area is 384 Å². The molecule has 13 heteroatoms. The Bertz CT molecular complexity index is 2920. The molecular weight excluding hydrogens is 829 g/mol. The van der Waals surface area contributed by atoms with Crippen molar-refractivity contribution in [1.29, 1.82) is 0 Å². The average Bonchev–Trinajstić information content (AvgIpc) is 4.20. The van der Waals surface area contributed by atoms with Crippen molar-refractivity contribution < 1.29 is 23.9 Å². The summed E-state index contributed by atoms with van der Waals surface area (Å²) in [4.78, 5) is 61.5. The van der Waals surface area contributed by atoms with Crippen molar-refractivity contribution in [2.75, 3.05) is 33.4 Å². The highest BCUT2D eigenvalue weighted by molar-refractivity contribution is 6.07. The predicted octanol–water partition coefficient (Wildman–Crippen LogP) is 9.50. The number of rotatable bonds is 12. The van der Waals surface area contributed by atoms with Crippen LogP contribution >= 0.6 is 0 Å². The van der Waals surface area contributed by atoms with Crippen LogP contribution in [0.25, 0.3) is 54.7 Å². The Morgan fingerprint density at radius 1 is 0.742 bits per heavy atom. The number of aromatic nitrogens is 4. The zero-order chi connectivity index (χ0) is 45.6. The van der Waals surface area contributed by atoms with Crippen molar-refractivity contribution in [2.45, 2.75) is 83.5 Å². The van der Waals surface area contributed by atoms with Crippen LogP contribution in [0.4, 0.5) is 4.79 Å². The van der Waals surface area contributed by atoms with E-state index in [4.69, 9.17) is 25.2 Å². The number of aromatic amines is 2. The third-order valence-electron chi connectivity index (χ3n) is 14.4. The van der Waals surface area contributed by atoms with Gasteiger partial charge >= 0.3 is 6.09 Å². The molecule has 5 aromatic carbocycles. The summed E-state index contributed by atoms with van der Waals surface area (Å²) in [5.74, 6) is 2.25. The van der Waals surface area contributed by atoms with Crippen LogP contribution in [0, 0.1) is 23.7 Å². The highest BCUT2D eigenvalue weighted by atomic mass is 16.5. The molecule has 0 unspecified atom stereocenters. The molecule has 3 amide bonds. The van der Waals surface area contributed by atoms with E-state index < -0.39 is 18.2 Å². The molecule has 1 aliphatic carbocycles. The van der Waals surface area contributed by atoms with E-state index in [0.29, 0.717) is 25.6 Å². The Hall–Kier alpha value is -6.31. The molecule has 5 N–H and O–H groups in total. The number of nitrogens with one attached hydrogen (secondary N) is 3. The maximum absolute atomic E-state index is 14.2. The lowest BCUT2D eigenvalue weighted by atomic mass is 9.98. The van der Waals surface area contributed by atoms with E-state index in [-0.39, 0.29) is 41.7 Å². The molecule has 0 radical (unpaired) electrons. The number of benzene rings is 5. The van der Waals surface area contributed by atoms with Gasteiger partial charge in [-0.25, -0.2) is 14.8 Å². The lowest BCUT2D eigenvalue weighted by molar-refractivity contribution is -0.136. The first-order valence-electron chi connectivity index (χ1n) is 23.7. The van der Waals surface area contributed by atoms with E-state index in [2.05, 4.69) is 82.9 Å². The number of ether oxygens (including phenoxy) is 2. The third-order valence-corrected chi connectivity index (χ3v) is 14.4. The number of carbonyl (C=O) groups is 3. The van der Waals surface area contributed by atoms with Crippen LogP contribution in [0.5, 0.6) is 0 Å². The van der Waals surface area contributed by atoms with Gasteiger partial charge in [-0.1, -0.05) is 100 Å². The van der Waals surface area contributed by atoms with Crippen LogP contribution < -0.4 is 11.1 Å². The monoisotopic (exact) mass is 888 g/mol. The van der Waals surface area contributed by atoms with Gasteiger partial charge in [0, 0.05) is 36.4 Å². The predicted molar refractivity (Wildman–Crippen MR) is 257 cm³/mol. The van der Waals surface area contributed by atoms with Gasteiger partial charge in [0.15, 0.2) is 0 Å². The number of hydrogen-bond acceptors (Lipinski definition) is 8. The van der Waals surface area contributed by atoms with Gasteiger partial charge in [-0.2, -0.15) is 0 Å². The molecule has 2 aliphatic heterocycles. The fourth-order valence-electron chi connectivity index (χ4n) is 10.9. The fraction of sp³-hybridized carbons (Fsp3) is 0.415. The molecule has 7 aromatic rings. The molecule has 0 spiro atoms. The van der Waals surface area contributed by atoms with Crippen LogP contribution in [-0.2, 0) is 19.1 Å². The molecule has 3 fully saturated rings. The lowest BCUT2D eigenvalue weighted by Crippen LogP contribution is -2.51. The van der Waals surface area contributed by atoms with Gasteiger partial charge in [0.2, 0.25) is 11.8 Å². The van der Waals surface area contributed by atoms with Crippen LogP contribution in [0.15, 0.2) is 91.0 Å². The number of nitrogens with two attached hydrogens (primary N) is 1. The average molecular weight is 889 g/mol. The van der Waals surface area contributed by atoms with Crippen molar-refractivity contribution in [1.82, 2.24) is 35.1 Å². The third kappa shape index (κ3) is 8.39. The van der Waals surface area contributed by atoms with Crippen molar-refractivity contribution >= 4 is 61.5 Å². The smallest absolute Gasteiger partial charge is 0.407 e. The summed E-state index contributed by atoms with van der Waals surface area (Å²) < 4.78 is 11.1. The second kappa shape index (κ2) is 18.2. The number of likely N-dealkylation sites (tertiary alicyclic amines) is 2. The summed E-state index contributed by atoms with van der Waals surface area (Å²) in [6, 6.07) is 29.0. The summed E-state index contributed by atoms with van der Waals surface area (Å²) >= 11 is 0. The van der Waals surface area contributed by atoms with Crippen LogP contribution in [0.2, 0.25) is 0 Å². The van der Waals surface area contributed by atoms with Gasteiger partial charge < -0.3 is 40.3 Å². The first-order valence-corrected chi connectivity index (χ1v) is 23.7. The summed E-state index contributed by atoms with van der Waals surface area (Å²) in [6.07, 6.45) is 5.95. The van der Waals surface area contributed by atoms with Crippen molar-refractivity contribution in [3.8, 4) is 11.1 Å². The Balaban J connectivity index is 0.907. The quantitative estimate of drug-likeness (QED) is 0.0940. The molecule has 2 aromatic heterocycles. The van der Waals surface area contributed by atoms with Crippen molar-refractivity contribution in [3.05, 3.63) is 108 Å². The standard InChI is InChI=1S/C53H60N8O5/c1-30(2)46(59-53(64)65-4)52(63)60-26-31(3)22-43(60)49-55-41-20-16-37-24-35(14-18-39(37)47(41)57-49)36-15-19-40-38(25-36)17-21-42-48(40)58-50(56-42)44-23-33(29-66-28-32-10-8-9-11-32)27-61(44)51(62)45(54)34-12-6-5-7-13-34/h5-7,12-21,24-25,30-33,43-46H,8-11,22-23,26-29,54H2,1-4H3,(H,55,57)(H,56,58)(H,59,64)/t31-,33-,43-,44-,45+,46-/m0/s1. The number of methoxy groups -OCH3 is 1. The summed E-state index contributed by atoms with van der Waals surface area (Å²) in [5.41, 5.74) is 13.2. The summed E-state index contributed by atoms with van der Waals surface area (Å²) in [6.45, 7) is 8.53. The van der Waals surface area contributed by atoms with Gasteiger partial charge in [-0.05, 0) is 95.2 Å². The minimum absolute atomic E-state index is 0.100. The SMILES string of the molecule is COC(=O)N[C@H](C(=O)N1C[C@@H](C)C[C@H]1c1nc2c(ccc3cc(-c4ccc5c(ccc6[nH]c([C@@H]7C[C@H](COCC8CCCC8)CN7C(=O)[C@H](N)c7ccccc7)nc65)c4)ccc32)[nH]1)C(C)C. The number of alkyl carbamates (subject to hydrolysis) is 1. The molecular formula is C53H60N8O5. The number of hydrogen-bond donors (Lipinski definition) is 4. The minimum Gasteiger partial charge on any atom is -0.453 e. The van der Waals surface area contributed by atoms with Crippen molar-refractivity contribution in [2.24, 2.45) is 29.4 Å².